The summed E-state index contributed by atoms with van der Waals surface area (Å²) in [4.78, 5) is 11.3. The molecule has 88 valence electrons. The number of carbonyl (C=O) groups is 1. The van der Waals surface area contributed by atoms with Crippen LogP contribution in [0.5, 0.6) is 0 Å². The molecule has 1 saturated heterocycles. The maximum atomic E-state index is 11.3. The summed E-state index contributed by atoms with van der Waals surface area (Å²) < 4.78 is 15.8. The first-order valence-electron chi connectivity index (χ1n) is 5.66. The Morgan fingerprint density at radius 2 is 2.20 bits per heavy atom. The molecule has 0 saturated carbocycles. The van der Waals surface area contributed by atoms with Gasteiger partial charge in [-0.15, -0.1) is 0 Å². The van der Waals surface area contributed by atoms with E-state index in [9.17, 15) is 4.79 Å². The average Bonchev–Trinajstić information content (AvgIpc) is 2.21. The van der Waals surface area contributed by atoms with Gasteiger partial charge in [0.25, 0.3) is 0 Å². The second kappa shape index (κ2) is 6.80. The van der Waals surface area contributed by atoms with Gasteiger partial charge in [-0.3, -0.25) is 4.79 Å². The zero-order valence-electron chi connectivity index (χ0n) is 9.53. The van der Waals surface area contributed by atoms with Crippen molar-refractivity contribution in [2.24, 2.45) is 5.92 Å². The lowest BCUT2D eigenvalue weighted by Crippen LogP contribution is -2.33. The Labute approximate surface area is 90.9 Å². The van der Waals surface area contributed by atoms with Crippen LogP contribution in [0.25, 0.3) is 0 Å². The zero-order chi connectivity index (χ0) is 11.1. The maximum Gasteiger partial charge on any atom is 0.306 e. The standard InChI is InChI=1S/C11H20O4/c1-3-13-10(12)8-9-6-5-7-15-11(9)14-4-2/h9,11H,3-8H2,1-2H3/t9-,11+/m1/s1. The van der Waals surface area contributed by atoms with Crippen LogP contribution in [0, 0.1) is 5.92 Å². The molecule has 0 amide bonds. The van der Waals surface area contributed by atoms with E-state index in [0.29, 0.717) is 19.6 Å². The topological polar surface area (TPSA) is 44.8 Å². The molecular weight excluding hydrogens is 196 g/mol. The van der Waals surface area contributed by atoms with Gasteiger partial charge in [0.05, 0.1) is 13.0 Å². The molecule has 0 aliphatic carbocycles. The Morgan fingerprint density at radius 3 is 2.87 bits per heavy atom. The maximum absolute atomic E-state index is 11.3. The molecule has 1 aliphatic heterocycles. The van der Waals surface area contributed by atoms with Crippen molar-refractivity contribution >= 4 is 5.97 Å². The third-order valence-electron chi connectivity index (χ3n) is 2.45. The van der Waals surface area contributed by atoms with E-state index in [2.05, 4.69) is 0 Å². The van der Waals surface area contributed by atoms with Crippen molar-refractivity contribution in [2.45, 2.75) is 39.4 Å². The summed E-state index contributed by atoms with van der Waals surface area (Å²) in [5.41, 5.74) is 0. The van der Waals surface area contributed by atoms with Gasteiger partial charge in [-0.1, -0.05) is 0 Å². The Bertz CT molecular complexity index is 191. The van der Waals surface area contributed by atoms with Crippen LogP contribution in [0.4, 0.5) is 0 Å². The van der Waals surface area contributed by atoms with E-state index < -0.39 is 0 Å². The summed E-state index contributed by atoms with van der Waals surface area (Å²) in [5.74, 6) is -0.00421. The van der Waals surface area contributed by atoms with Gasteiger partial charge in [0.1, 0.15) is 0 Å². The van der Waals surface area contributed by atoms with Crippen LogP contribution >= 0.6 is 0 Å². The summed E-state index contributed by atoms with van der Waals surface area (Å²) in [6, 6.07) is 0. The molecule has 0 aromatic carbocycles. The monoisotopic (exact) mass is 216 g/mol. The molecule has 0 aromatic rings. The van der Waals surface area contributed by atoms with Crippen molar-refractivity contribution in [3.63, 3.8) is 0 Å². The first kappa shape index (κ1) is 12.5. The number of rotatable bonds is 5. The summed E-state index contributed by atoms with van der Waals surface area (Å²) in [5, 5.41) is 0. The first-order valence-corrected chi connectivity index (χ1v) is 5.66. The van der Waals surface area contributed by atoms with Crippen molar-refractivity contribution < 1.29 is 19.0 Å². The van der Waals surface area contributed by atoms with Crippen molar-refractivity contribution in [3.8, 4) is 0 Å². The Morgan fingerprint density at radius 1 is 1.40 bits per heavy atom. The largest absolute Gasteiger partial charge is 0.466 e. The number of hydrogen-bond acceptors (Lipinski definition) is 4. The van der Waals surface area contributed by atoms with Gasteiger partial charge >= 0.3 is 5.97 Å². The van der Waals surface area contributed by atoms with Crippen molar-refractivity contribution in [3.05, 3.63) is 0 Å². The summed E-state index contributed by atoms with van der Waals surface area (Å²) >= 11 is 0. The van der Waals surface area contributed by atoms with Gasteiger partial charge in [0.15, 0.2) is 6.29 Å². The number of ether oxygens (including phenoxy) is 3. The molecule has 0 N–H and O–H groups in total. The van der Waals surface area contributed by atoms with E-state index in [-0.39, 0.29) is 18.2 Å². The molecule has 0 bridgehead atoms. The molecule has 0 aromatic heterocycles. The van der Waals surface area contributed by atoms with Crippen LogP contribution in [0.3, 0.4) is 0 Å². The SMILES string of the molecule is CCOC(=O)C[C@H]1CCCO[C@@H]1OCC. The van der Waals surface area contributed by atoms with Gasteiger partial charge in [-0.25, -0.2) is 0 Å². The fraction of sp³-hybridized carbons (Fsp3) is 0.909. The summed E-state index contributed by atoms with van der Waals surface area (Å²) in [6.07, 6.45) is 2.14. The average molecular weight is 216 g/mol. The van der Waals surface area contributed by atoms with Gasteiger partial charge in [-0.2, -0.15) is 0 Å². The minimum Gasteiger partial charge on any atom is -0.466 e. The smallest absolute Gasteiger partial charge is 0.306 e. The molecule has 0 spiro atoms. The molecular formula is C11H20O4. The third kappa shape index (κ3) is 4.18. The van der Waals surface area contributed by atoms with Gasteiger partial charge < -0.3 is 14.2 Å². The van der Waals surface area contributed by atoms with E-state index in [4.69, 9.17) is 14.2 Å². The highest BCUT2D eigenvalue weighted by Gasteiger charge is 2.28. The molecule has 1 fully saturated rings. The van der Waals surface area contributed by atoms with Crippen molar-refractivity contribution in [1.82, 2.24) is 0 Å². The third-order valence-corrected chi connectivity index (χ3v) is 2.45. The van der Waals surface area contributed by atoms with Gasteiger partial charge in [0.2, 0.25) is 0 Å². The number of hydrogen-bond donors (Lipinski definition) is 0. The van der Waals surface area contributed by atoms with E-state index >= 15 is 0 Å². The zero-order valence-corrected chi connectivity index (χ0v) is 9.53. The highest BCUT2D eigenvalue weighted by Crippen LogP contribution is 2.25. The van der Waals surface area contributed by atoms with Gasteiger partial charge in [0, 0.05) is 19.1 Å². The molecule has 0 unspecified atom stereocenters. The lowest BCUT2D eigenvalue weighted by atomic mass is 9.97. The normalized spacial score (nSPS) is 26.3. The lowest BCUT2D eigenvalue weighted by molar-refractivity contribution is -0.195. The molecule has 1 heterocycles. The van der Waals surface area contributed by atoms with E-state index in [1.54, 1.807) is 0 Å². The molecule has 2 atom stereocenters. The predicted octanol–water partition coefficient (Wildman–Crippen LogP) is 1.73. The second-order valence-electron chi connectivity index (χ2n) is 3.61. The molecule has 1 aliphatic rings. The highest BCUT2D eigenvalue weighted by atomic mass is 16.7. The van der Waals surface area contributed by atoms with Crippen LogP contribution in [0.15, 0.2) is 0 Å². The van der Waals surface area contributed by atoms with Crippen molar-refractivity contribution in [1.29, 1.82) is 0 Å². The first-order chi connectivity index (χ1) is 7.27. The molecule has 0 radical (unpaired) electrons. The fourth-order valence-corrected chi connectivity index (χ4v) is 1.80. The molecule has 15 heavy (non-hydrogen) atoms. The Kier molecular flexibility index (Phi) is 5.65. The Hall–Kier alpha value is -0.610. The number of esters is 1. The van der Waals surface area contributed by atoms with Crippen LogP contribution in [0.1, 0.15) is 33.1 Å². The fourth-order valence-electron chi connectivity index (χ4n) is 1.80. The van der Waals surface area contributed by atoms with Crippen molar-refractivity contribution in [2.75, 3.05) is 19.8 Å². The molecule has 4 nitrogen and oxygen atoms in total. The molecule has 4 heteroatoms. The van der Waals surface area contributed by atoms with Crippen LogP contribution in [0.2, 0.25) is 0 Å². The van der Waals surface area contributed by atoms with E-state index in [0.717, 1.165) is 19.4 Å². The lowest BCUT2D eigenvalue weighted by Gasteiger charge is -2.30. The highest BCUT2D eigenvalue weighted by molar-refractivity contribution is 5.69. The van der Waals surface area contributed by atoms with Crippen LogP contribution in [-0.4, -0.2) is 32.1 Å². The van der Waals surface area contributed by atoms with E-state index in [1.165, 1.54) is 0 Å². The van der Waals surface area contributed by atoms with Crippen LogP contribution in [-0.2, 0) is 19.0 Å². The van der Waals surface area contributed by atoms with Crippen LogP contribution < -0.4 is 0 Å². The second-order valence-corrected chi connectivity index (χ2v) is 3.61. The Balaban J connectivity index is 2.38. The number of carbonyl (C=O) groups excluding carboxylic acids is 1. The van der Waals surface area contributed by atoms with Gasteiger partial charge in [-0.05, 0) is 26.7 Å². The summed E-state index contributed by atoms with van der Waals surface area (Å²) in [7, 11) is 0. The molecule has 1 rings (SSSR count). The summed E-state index contributed by atoms with van der Waals surface area (Å²) in [6.45, 7) is 5.52. The predicted molar refractivity (Wildman–Crippen MR) is 55.3 cm³/mol. The minimum atomic E-state index is -0.229. The van der Waals surface area contributed by atoms with E-state index in [1.807, 2.05) is 13.8 Å². The quantitative estimate of drug-likeness (QED) is 0.656. The minimum absolute atomic E-state index is 0.151.